The van der Waals surface area contributed by atoms with E-state index in [1.54, 1.807) is 7.11 Å². The molecule has 2 nitrogen and oxygen atoms in total. The zero-order chi connectivity index (χ0) is 11.5. The first-order chi connectivity index (χ1) is 7.69. The minimum atomic E-state index is 0.610. The Morgan fingerprint density at radius 2 is 2.19 bits per heavy atom. The highest BCUT2D eigenvalue weighted by molar-refractivity contribution is 9.10. The molecule has 0 bridgehead atoms. The molecule has 0 spiro atoms. The van der Waals surface area contributed by atoms with Crippen molar-refractivity contribution >= 4 is 21.6 Å². The molecule has 88 valence electrons. The van der Waals surface area contributed by atoms with Crippen LogP contribution in [0.2, 0.25) is 0 Å². The molecular weight excluding hydrogens is 266 g/mol. The van der Waals surface area contributed by atoms with Gasteiger partial charge in [-0.05, 0) is 53.2 Å². The maximum Gasteiger partial charge on any atom is 0.121 e. The van der Waals surface area contributed by atoms with Crippen LogP contribution in [0.1, 0.15) is 26.2 Å². The van der Waals surface area contributed by atoms with Gasteiger partial charge in [-0.25, -0.2) is 0 Å². The molecule has 1 saturated carbocycles. The van der Waals surface area contributed by atoms with Gasteiger partial charge in [-0.3, -0.25) is 0 Å². The fourth-order valence-corrected chi connectivity index (χ4v) is 2.66. The molecule has 0 aliphatic heterocycles. The third-order valence-electron chi connectivity index (χ3n) is 3.23. The quantitative estimate of drug-likeness (QED) is 0.903. The number of anilines is 1. The average molecular weight is 284 g/mol. The summed E-state index contributed by atoms with van der Waals surface area (Å²) in [5.41, 5.74) is 1.14. The predicted octanol–water partition coefficient (Wildman–Crippen LogP) is 4.06. The van der Waals surface area contributed by atoms with Gasteiger partial charge >= 0.3 is 0 Å². The number of benzene rings is 1. The van der Waals surface area contributed by atoms with Gasteiger partial charge in [0.05, 0.1) is 12.8 Å². The molecular formula is C13H18BrNO. The van der Waals surface area contributed by atoms with Crippen LogP contribution in [0.5, 0.6) is 5.75 Å². The summed E-state index contributed by atoms with van der Waals surface area (Å²) < 4.78 is 6.34. The molecule has 0 saturated heterocycles. The van der Waals surface area contributed by atoms with Crippen LogP contribution in [0.4, 0.5) is 5.69 Å². The largest absolute Gasteiger partial charge is 0.497 e. The van der Waals surface area contributed by atoms with Gasteiger partial charge in [0.25, 0.3) is 0 Å². The molecule has 1 aliphatic rings. The molecule has 16 heavy (non-hydrogen) atoms. The normalized spacial score (nSPS) is 24.4. The maximum absolute atomic E-state index is 5.23. The lowest BCUT2D eigenvalue weighted by Gasteiger charge is -2.16. The SMILES string of the molecule is COc1ccc(Br)c(NC2CCC(C)C2)c1. The molecule has 1 N–H and O–H groups in total. The van der Waals surface area contributed by atoms with E-state index in [9.17, 15) is 0 Å². The number of halogens is 1. The molecule has 1 aliphatic carbocycles. The number of rotatable bonds is 3. The zero-order valence-electron chi connectivity index (χ0n) is 9.79. The molecule has 2 atom stereocenters. The van der Waals surface area contributed by atoms with Crippen molar-refractivity contribution in [3.8, 4) is 5.75 Å². The Labute approximate surface area is 106 Å². The summed E-state index contributed by atoms with van der Waals surface area (Å²) in [7, 11) is 1.70. The van der Waals surface area contributed by atoms with E-state index >= 15 is 0 Å². The highest BCUT2D eigenvalue weighted by atomic mass is 79.9. The highest BCUT2D eigenvalue weighted by Gasteiger charge is 2.21. The Hall–Kier alpha value is -0.700. The van der Waals surface area contributed by atoms with Gasteiger partial charge in [0.2, 0.25) is 0 Å². The van der Waals surface area contributed by atoms with E-state index < -0.39 is 0 Å². The second-order valence-corrected chi connectivity index (χ2v) is 5.46. The summed E-state index contributed by atoms with van der Waals surface area (Å²) in [6.07, 6.45) is 3.87. The molecule has 0 amide bonds. The van der Waals surface area contributed by atoms with Crippen molar-refractivity contribution < 1.29 is 4.74 Å². The van der Waals surface area contributed by atoms with Crippen LogP contribution in [0, 0.1) is 5.92 Å². The van der Waals surface area contributed by atoms with E-state index in [0.29, 0.717) is 6.04 Å². The Bertz CT molecular complexity index is 367. The minimum absolute atomic E-state index is 0.610. The van der Waals surface area contributed by atoms with E-state index in [-0.39, 0.29) is 0 Å². The monoisotopic (exact) mass is 283 g/mol. The van der Waals surface area contributed by atoms with Crippen LogP contribution in [-0.2, 0) is 0 Å². The van der Waals surface area contributed by atoms with Crippen molar-refractivity contribution in [2.45, 2.75) is 32.2 Å². The van der Waals surface area contributed by atoms with Gasteiger partial charge < -0.3 is 10.1 Å². The van der Waals surface area contributed by atoms with Gasteiger partial charge in [-0.2, -0.15) is 0 Å². The summed E-state index contributed by atoms with van der Waals surface area (Å²) in [6.45, 7) is 2.32. The van der Waals surface area contributed by atoms with Crippen LogP contribution >= 0.6 is 15.9 Å². The van der Waals surface area contributed by atoms with Crippen LogP contribution < -0.4 is 10.1 Å². The summed E-state index contributed by atoms with van der Waals surface area (Å²) in [4.78, 5) is 0. The number of hydrogen-bond donors (Lipinski definition) is 1. The first-order valence-electron chi connectivity index (χ1n) is 5.79. The summed E-state index contributed by atoms with van der Waals surface area (Å²) in [6, 6.07) is 6.65. The van der Waals surface area contributed by atoms with Gasteiger partial charge in [0.1, 0.15) is 5.75 Å². The zero-order valence-corrected chi connectivity index (χ0v) is 11.4. The van der Waals surface area contributed by atoms with Gasteiger partial charge in [-0.15, -0.1) is 0 Å². The first-order valence-corrected chi connectivity index (χ1v) is 6.58. The van der Waals surface area contributed by atoms with Gasteiger partial charge in [-0.1, -0.05) is 6.92 Å². The fourth-order valence-electron chi connectivity index (χ4n) is 2.30. The van der Waals surface area contributed by atoms with Crippen LogP contribution in [0.15, 0.2) is 22.7 Å². The highest BCUT2D eigenvalue weighted by Crippen LogP contribution is 2.32. The van der Waals surface area contributed by atoms with Crippen molar-refractivity contribution in [1.82, 2.24) is 0 Å². The number of hydrogen-bond acceptors (Lipinski definition) is 2. The number of methoxy groups -OCH3 is 1. The molecule has 0 heterocycles. The lowest BCUT2D eigenvalue weighted by molar-refractivity contribution is 0.415. The molecule has 1 aromatic rings. The van der Waals surface area contributed by atoms with Gasteiger partial charge in [0, 0.05) is 16.6 Å². The van der Waals surface area contributed by atoms with Crippen molar-refractivity contribution in [3.63, 3.8) is 0 Å². The molecule has 0 aromatic heterocycles. The van der Waals surface area contributed by atoms with Crippen LogP contribution in [0.3, 0.4) is 0 Å². The van der Waals surface area contributed by atoms with Crippen molar-refractivity contribution in [2.24, 2.45) is 5.92 Å². The smallest absolute Gasteiger partial charge is 0.121 e. The van der Waals surface area contributed by atoms with Crippen molar-refractivity contribution in [1.29, 1.82) is 0 Å². The topological polar surface area (TPSA) is 21.3 Å². The molecule has 2 unspecified atom stereocenters. The van der Waals surface area contributed by atoms with E-state index in [2.05, 4.69) is 28.2 Å². The van der Waals surface area contributed by atoms with E-state index in [0.717, 1.165) is 21.8 Å². The second-order valence-electron chi connectivity index (χ2n) is 4.61. The minimum Gasteiger partial charge on any atom is -0.497 e. The summed E-state index contributed by atoms with van der Waals surface area (Å²) in [5.74, 6) is 1.75. The third-order valence-corrected chi connectivity index (χ3v) is 3.92. The maximum atomic E-state index is 5.23. The molecule has 3 heteroatoms. The van der Waals surface area contributed by atoms with Crippen molar-refractivity contribution in [3.05, 3.63) is 22.7 Å². The Balaban J connectivity index is 2.08. The van der Waals surface area contributed by atoms with Crippen molar-refractivity contribution in [2.75, 3.05) is 12.4 Å². The summed E-state index contributed by atoms with van der Waals surface area (Å²) in [5, 5.41) is 3.59. The lowest BCUT2D eigenvalue weighted by Crippen LogP contribution is -2.15. The lowest BCUT2D eigenvalue weighted by atomic mass is 10.1. The van der Waals surface area contributed by atoms with Gasteiger partial charge in [0.15, 0.2) is 0 Å². The number of nitrogens with one attached hydrogen (secondary N) is 1. The molecule has 1 fully saturated rings. The van der Waals surface area contributed by atoms with E-state index in [1.165, 1.54) is 19.3 Å². The Morgan fingerprint density at radius 1 is 1.38 bits per heavy atom. The third kappa shape index (κ3) is 2.70. The van der Waals surface area contributed by atoms with E-state index in [4.69, 9.17) is 4.74 Å². The Morgan fingerprint density at radius 3 is 2.81 bits per heavy atom. The summed E-state index contributed by atoms with van der Waals surface area (Å²) >= 11 is 3.56. The molecule has 0 radical (unpaired) electrons. The first kappa shape index (κ1) is 11.8. The molecule has 1 aromatic carbocycles. The molecule has 2 rings (SSSR count). The fraction of sp³-hybridized carbons (Fsp3) is 0.538. The van der Waals surface area contributed by atoms with Crippen LogP contribution in [-0.4, -0.2) is 13.2 Å². The second kappa shape index (κ2) is 5.09. The standard InChI is InChI=1S/C13H18BrNO/c1-9-3-4-10(7-9)15-13-8-11(16-2)5-6-12(13)14/h5-6,8-10,15H,3-4,7H2,1-2H3. The Kier molecular flexibility index (Phi) is 3.74. The predicted molar refractivity (Wildman–Crippen MR) is 71.1 cm³/mol. The van der Waals surface area contributed by atoms with Crippen LogP contribution in [0.25, 0.3) is 0 Å². The average Bonchev–Trinajstić information content (AvgIpc) is 2.67. The number of ether oxygens (including phenoxy) is 1. The van der Waals surface area contributed by atoms with E-state index in [1.807, 2.05) is 18.2 Å².